The molecule has 0 amide bonds. The van der Waals surface area contributed by atoms with Crippen molar-refractivity contribution in [3.63, 3.8) is 0 Å². The Kier molecular flexibility index (Phi) is 4.17. The number of hydrogen-bond acceptors (Lipinski definition) is 2. The molecule has 0 heterocycles. The van der Waals surface area contributed by atoms with Crippen LogP contribution in [-0.4, -0.2) is 24.4 Å². The molecule has 14 heavy (non-hydrogen) atoms. The number of rotatable bonds is 4. The van der Waals surface area contributed by atoms with E-state index in [9.17, 15) is 4.39 Å². The first-order valence-corrected chi connectivity index (χ1v) is 4.75. The lowest BCUT2D eigenvalue weighted by molar-refractivity contribution is 0.151. The summed E-state index contributed by atoms with van der Waals surface area (Å²) in [7, 11) is 0. The van der Waals surface area contributed by atoms with E-state index in [4.69, 9.17) is 16.7 Å². The van der Waals surface area contributed by atoms with Gasteiger partial charge in [0.05, 0.1) is 6.10 Å². The van der Waals surface area contributed by atoms with Crippen molar-refractivity contribution in [3.8, 4) is 0 Å². The van der Waals surface area contributed by atoms with Gasteiger partial charge in [0.15, 0.2) is 0 Å². The molecule has 0 radical (unpaired) electrons. The molecule has 0 aromatic heterocycles. The van der Waals surface area contributed by atoms with E-state index in [1.165, 1.54) is 0 Å². The van der Waals surface area contributed by atoms with Crippen LogP contribution in [0.4, 0.5) is 10.1 Å². The van der Waals surface area contributed by atoms with Crippen LogP contribution >= 0.6 is 11.6 Å². The van der Waals surface area contributed by atoms with Crippen molar-refractivity contribution in [3.05, 3.63) is 28.8 Å². The Labute approximate surface area is 87.7 Å². The summed E-state index contributed by atoms with van der Waals surface area (Å²) in [6.07, 6.45) is -0.963. The third kappa shape index (κ3) is 3.16. The van der Waals surface area contributed by atoms with Crippen molar-refractivity contribution in [2.24, 2.45) is 0 Å². The van der Waals surface area contributed by atoms with Crippen LogP contribution in [-0.2, 0) is 0 Å². The highest BCUT2D eigenvalue weighted by atomic mass is 35.5. The summed E-state index contributed by atoms with van der Waals surface area (Å²) in [5.41, 5.74) is 1.77. The lowest BCUT2D eigenvalue weighted by Gasteiger charge is -2.10. The normalized spacial score (nSPS) is 12.6. The second kappa shape index (κ2) is 5.17. The van der Waals surface area contributed by atoms with Gasteiger partial charge in [-0.1, -0.05) is 17.7 Å². The van der Waals surface area contributed by atoms with Crippen molar-refractivity contribution in [2.75, 3.05) is 18.5 Å². The third-order valence-corrected chi connectivity index (χ3v) is 2.30. The average molecular weight is 218 g/mol. The van der Waals surface area contributed by atoms with Gasteiger partial charge < -0.3 is 10.4 Å². The molecule has 1 atom stereocenters. The molecule has 0 spiro atoms. The largest absolute Gasteiger partial charge is 0.389 e. The predicted octanol–water partition coefficient (Wildman–Crippen LogP) is 2.39. The Morgan fingerprint density at radius 1 is 1.57 bits per heavy atom. The average Bonchev–Trinajstić information content (AvgIpc) is 2.19. The molecular weight excluding hydrogens is 205 g/mol. The van der Waals surface area contributed by atoms with Gasteiger partial charge in [0.25, 0.3) is 0 Å². The van der Waals surface area contributed by atoms with Gasteiger partial charge in [-0.15, -0.1) is 0 Å². The fraction of sp³-hybridized carbons (Fsp3) is 0.400. The van der Waals surface area contributed by atoms with Gasteiger partial charge in [-0.3, -0.25) is 0 Å². The van der Waals surface area contributed by atoms with Crippen LogP contribution in [0.3, 0.4) is 0 Å². The van der Waals surface area contributed by atoms with Crippen LogP contribution < -0.4 is 5.32 Å². The number of anilines is 1. The minimum Gasteiger partial charge on any atom is -0.389 e. The fourth-order valence-corrected chi connectivity index (χ4v) is 1.17. The molecule has 0 aliphatic carbocycles. The van der Waals surface area contributed by atoms with Crippen LogP contribution in [0.1, 0.15) is 5.56 Å². The quantitative estimate of drug-likeness (QED) is 0.812. The second-order valence-corrected chi connectivity index (χ2v) is 3.56. The smallest absolute Gasteiger partial charge is 0.117 e. The van der Waals surface area contributed by atoms with Gasteiger partial charge in [-0.05, 0) is 24.6 Å². The van der Waals surface area contributed by atoms with Gasteiger partial charge in [0, 0.05) is 17.3 Å². The first-order chi connectivity index (χ1) is 6.63. The first kappa shape index (κ1) is 11.3. The number of alkyl halides is 1. The highest BCUT2D eigenvalue weighted by Crippen LogP contribution is 2.19. The van der Waals surface area contributed by atoms with Gasteiger partial charge in [-0.25, -0.2) is 4.39 Å². The highest BCUT2D eigenvalue weighted by molar-refractivity contribution is 6.31. The van der Waals surface area contributed by atoms with Gasteiger partial charge >= 0.3 is 0 Å². The summed E-state index contributed by atoms with van der Waals surface area (Å²) < 4.78 is 11.9. The molecule has 78 valence electrons. The Hall–Kier alpha value is -0.800. The molecule has 4 heteroatoms. The van der Waals surface area contributed by atoms with Crippen LogP contribution in [0.15, 0.2) is 18.2 Å². The fourth-order valence-electron chi connectivity index (χ4n) is 0.993. The van der Waals surface area contributed by atoms with E-state index in [0.717, 1.165) is 11.3 Å². The maximum atomic E-state index is 11.9. The molecule has 0 aliphatic heterocycles. The lowest BCUT2D eigenvalue weighted by Crippen LogP contribution is -2.21. The van der Waals surface area contributed by atoms with Crippen molar-refractivity contribution < 1.29 is 9.50 Å². The van der Waals surface area contributed by atoms with Crippen molar-refractivity contribution in [2.45, 2.75) is 13.0 Å². The van der Waals surface area contributed by atoms with Crippen molar-refractivity contribution in [1.29, 1.82) is 0 Å². The predicted molar refractivity (Wildman–Crippen MR) is 56.7 cm³/mol. The summed E-state index contributed by atoms with van der Waals surface area (Å²) in [4.78, 5) is 0. The van der Waals surface area contributed by atoms with E-state index in [1.54, 1.807) is 6.07 Å². The summed E-state index contributed by atoms with van der Waals surface area (Å²) in [5, 5.41) is 12.5. The first-order valence-electron chi connectivity index (χ1n) is 4.37. The van der Waals surface area contributed by atoms with Gasteiger partial charge in [0.2, 0.25) is 0 Å². The number of benzene rings is 1. The molecule has 0 bridgehead atoms. The van der Waals surface area contributed by atoms with Crippen molar-refractivity contribution in [1.82, 2.24) is 0 Å². The highest BCUT2D eigenvalue weighted by Gasteiger charge is 2.03. The number of aryl methyl sites for hydroxylation is 1. The zero-order valence-corrected chi connectivity index (χ0v) is 8.68. The molecule has 2 N–H and O–H groups in total. The van der Waals surface area contributed by atoms with Crippen LogP contribution in [0, 0.1) is 6.92 Å². The van der Waals surface area contributed by atoms with E-state index in [2.05, 4.69) is 5.32 Å². The third-order valence-electron chi connectivity index (χ3n) is 1.89. The lowest BCUT2D eigenvalue weighted by atomic mass is 10.2. The molecule has 1 aromatic rings. The maximum absolute atomic E-state index is 11.9. The second-order valence-electron chi connectivity index (χ2n) is 3.15. The van der Waals surface area contributed by atoms with Crippen LogP contribution in [0.25, 0.3) is 0 Å². The Morgan fingerprint density at radius 2 is 2.29 bits per heavy atom. The summed E-state index contributed by atoms with van der Waals surface area (Å²) in [6, 6.07) is 5.46. The zero-order valence-electron chi connectivity index (χ0n) is 7.93. The Morgan fingerprint density at radius 3 is 2.86 bits per heavy atom. The van der Waals surface area contributed by atoms with Crippen molar-refractivity contribution >= 4 is 17.3 Å². The molecule has 0 saturated heterocycles. The molecule has 2 nitrogen and oxygen atoms in total. The molecule has 1 rings (SSSR count). The number of halogens is 2. The standard InChI is InChI=1S/C10H13ClFNO/c1-7-2-3-8(4-10(7)11)13-6-9(14)5-12/h2-4,9,13-14H,5-6H2,1H3. The van der Waals surface area contributed by atoms with E-state index in [0.29, 0.717) is 5.02 Å². The van der Waals surface area contributed by atoms with Crippen LogP contribution in [0.2, 0.25) is 5.02 Å². The number of hydrogen-bond donors (Lipinski definition) is 2. The minimum atomic E-state index is -0.963. The summed E-state index contributed by atoms with van der Waals surface area (Å²) >= 11 is 5.89. The van der Waals surface area contributed by atoms with Crippen LogP contribution in [0.5, 0.6) is 0 Å². The molecule has 0 aliphatic rings. The summed E-state index contributed by atoms with van der Waals surface area (Å²) in [5.74, 6) is 0. The van der Waals surface area contributed by atoms with E-state index in [-0.39, 0.29) is 6.54 Å². The monoisotopic (exact) mass is 217 g/mol. The Bertz CT molecular complexity index is 306. The molecule has 1 unspecified atom stereocenters. The van der Waals surface area contributed by atoms with Gasteiger partial charge in [-0.2, -0.15) is 0 Å². The van der Waals surface area contributed by atoms with E-state index in [1.807, 2.05) is 19.1 Å². The SMILES string of the molecule is Cc1ccc(NCC(O)CF)cc1Cl. The van der Waals surface area contributed by atoms with Gasteiger partial charge in [0.1, 0.15) is 6.67 Å². The topological polar surface area (TPSA) is 32.3 Å². The zero-order chi connectivity index (χ0) is 10.6. The van der Waals surface area contributed by atoms with E-state index >= 15 is 0 Å². The molecule has 0 fully saturated rings. The summed E-state index contributed by atoms with van der Waals surface area (Å²) in [6.45, 7) is 1.35. The number of nitrogens with one attached hydrogen (secondary N) is 1. The Balaban J connectivity index is 2.55. The number of aliphatic hydroxyl groups excluding tert-OH is 1. The molecular formula is C10H13ClFNO. The molecule has 0 saturated carbocycles. The maximum Gasteiger partial charge on any atom is 0.117 e. The molecule has 1 aromatic carbocycles. The van der Waals surface area contributed by atoms with E-state index < -0.39 is 12.8 Å². The minimum absolute atomic E-state index is 0.190. The number of aliphatic hydroxyl groups is 1.